The van der Waals surface area contributed by atoms with Crippen LogP contribution in [0.15, 0.2) is 0 Å². The van der Waals surface area contributed by atoms with E-state index in [0.717, 1.165) is 26.1 Å². The summed E-state index contributed by atoms with van der Waals surface area (Å²) >= 11 is 1.63. The highest BCUT2D eigenvalue weighted by atomic mass is 32.1. The van der Waals surface area contributed by atoms with Crippen LogP contribution in [0.25, 0.3) is 0 Å². The molecule has 4 heterocycles. The van der Waals surface area contributed by atoms with Crippen LogP contribution in [0.2, 0.25) is 0 Å². The smallest absolute Gasteiger partial charge is 0.137 e. The molecule has 4 rings (SSSR count). The van der Waals surface area contributed by atoms with Gasteiger partial charge in [-0.2, -0.15) is 4.37 Å². The van der Waals surface area contributed by atoms with Crippen molar-refractivity contribution >= 4 is 11.5 Å². The highest BCUT2D eigenvalue weighted by Gasteiger charge is 2.28. The molecule has 2 aromatic heterocycles. The molecule has 2 aliphatic heterocycles. The Balaban J connectivity index is 1.50. The van der Waals surface area contributed by atoms with Gasteiger partial charge in [-0.25, -0.2) is 0 Å². The third kappa shape index (κ3) is 2.48. The fourth-order valence-electron chi connectivity index (χ4n) is 3.84. The lowest BCUT2D eigenvalue weighted by atomic mass is 9.96. The molecule has 0 unspecified atom stereocenters. The van der Waals surface area contributed by atoms with E-state index in [9.17, 15) is 0 Å². The van der Waals surface area contributed by atoms with E-state index in [2.05, 4.69) is 37.9 Å². The van der Waals surface area contributed by atoms with Gasteiger partial charge in [-0.15, -0.1) is 10.2 Å². The van der Waals surface area contributed by atoms with E-state index < -0.39 is 0 Å². The molecule has 2 aromatic rings. The fraction of sp³-hybridized carbons (Fsp3) is 0.688. The third-order valence-electron chi connectivity index (χ3n) is 5.07. The largest absolute Gasteiger partial charge is 0.315 e. The molecular formula is C16H23N5S. The average molecular weight is 317 g/mol. The standard InChI is InChI=1S/C16H23N5S/c1-11-14(12(2)22-19-11)10-20-7-3-5-13(9-20)16-18-17-15-6-4-8-21(15)16/h13H,3-10H2,1-2H3/t13-/m1/s1. The van der Waals surface area contributed by atoms with Crippen molar-refractivity contribution in [3.05, 3.63) is 27.8 Å². The quantitative estimate of drug-likeness (QED) is 0.873. The molecule has 0 bridgehead atoms. The zero-order chi connectivity index (χ0) is 15.1. The minimum absolute atomic E-state index is 0.542. The molecule has 0 N–H and O–H groups in total. The van der Waals surface area contributed by atoms with Gasteiger partial charge in [0.25, 0.3) is 0 Å². The van der Waals surface area contributed by atoms with Crippen molar-refractivity contribution in [2.24, 2.45) is 0 Å². The summed E-state index contributed by atoms with van der Waals surface area (Å²) in [6, 6.07) is 0. The van der Waals surface area contributed by atoms with Gasteiger partial charge in [0.05, 0.1) is 5.69 Å². The van der Waals surface area contributed by atoms with Crippen LogP contribution in [0.5, 0.6) is 0 Å². The van der Waals surface area contributed by atoms with Crippen molar-refractivity contribution in [3.63, 3.8) is 0 Å². The van der Waals surface area contributed by atoms with Gasteiger partial charge >= 0.3 is 0 Å². The number of hydrogen-bond donors (Lipinski definition) is 0. The summed E-state index contributed by atoms with van der Waals surface area (Å²) in [5.74, 6) is 2.97. The Morgan fingerprint density at radius 2 is 2.09 bits per heavy atom. The van der Waals surface area contributed by atoms with Crippen molar-refractivity contribution in [1.82, 2.24) is 24.0 Å². The first-order valence-corrected chi connectivity index (χ1v) is 9.06. The predicted molar refractivity (Wildman–Crippen MR) is 87.2 cm³/mol. The SMILES string of the molecule is Cc1nsc(C)c1CN1CCC[C@@H](c2nnc3n2CCC3)C1. The van der Waals surface area contributed by atoms with Gasteiger partial charge in [0.2, 0.25) is 0 Å². The first-order chi connectivity index (χ1) is 10.7. The molecule has 0 spiro atoms. The summed E-state index contributed by atoms with van der Waals surface area (Å²) in [6.45, 7) is 8.75. The molecule has 1 saturated heterocycles. The predicted octanol–water partition coefficient (Wildman–Crippen LogP) is 2.68. The zero-order valence-corrected chi connectivity index (χ0v) is 14.2. The summed E-state index contributed by atoms with van der Waals surface area (Å²) in [5.41, 5.74) is 2.63. The lowest BCUT2D eigenvalue weighted by molar-refractivity contribution is 0.194. The van der Waals surface area contributed by atoms with E-state index in [0.29, 0.717) is 5.92 Å². The Labute approximate surface area is 135 Å². The van der Waals surface area contributed by atoms with Gasteiger partial charge in [0, 0.05) is 42.4 Å². The highest BCUT2D eigenvalue weighted by molar-refractivity contribution is 7.05. The number of likely N-dealkylation sites (tertiary alicyclic amines) is 1. The molecule has 22 heavy (non-hydrogen) atoms. The Bertz CT molecular complexity index is 655. The third-order valence-corrected chi connectivity index (χ3v) is 5.96. The van der Waals surface area contributed by atoms with Gasteiger partial charge in [0.15, 0.2) is 0 Å². The molecule has 0 amide bonds. The minimum atomic E-state index is 0.542. The highest BCUT2D eigenvalue weighted by Crippen LogP contribution is 2.30. The van der Waals surface area contributed by atoms with Gasteiger partial charge in [0.1, 0.15) is 11.6 Å². The Hall–Kier alpha value is -1.27. The van der Waals surface area contributed by atoms with Crippen LogP contribution in [0.4, 0.5) is 0 Å². The number of rotatable bonds is 3. The van der Waals surface area contributed by atoms with Crippen LogP contribution in [-0.2, 0) is 19.5 Å². The summed E-state index contributed by atoms with van der Waals surface area (Å²) in [6.07, 6.45) is 4.83. The van der Waals surface area contributed by atoms with E-state index in [1.54, 1.807) is 11.5 Å². The molecule has 0 radical (unpaired) electrons. The monoisotopic (exact) mass is 317 g/mol. The second-order valence-corrected chi connectivity index (χ2v) is 7.58. The van der Waals surface area contributed by atoms with Crippen LogP contribution in [0.1, 0.15) is 53.0 Å². The fourth-order valence-corrected chi connectivity index (χ4v) is 4.54. The maximum atomic E-state index is 4.50. The van der Waals surface area contributed by atoms with Crippen LogP contribution in [0, 0.1) is 13.8 Å². The van der Waals surface area contributed by atoms with E-state index in [-0.39, 0.29) is 0 Å². The van der Waals surface area contributed by atoms with Crippen molar-refractivity contribution in [2.45, 2.75) is 58.5 Å². The van der Waals surface area contributed by atoms with Crippen molar-refractivity contribution in [1.29, 1.82) is 0 Å². The number of hydrogen-bond acceptors (Lipinski definition) is 5. The van der Waals surface area contributed by atoms with Gasteiger partial charge in [-0.05, 0) is 51.2 Å². The summed E-state index contributed by atoms with van der Waals surface area (Å²) in [7, 11) is 0. The second-order valence-electron chi connectivity index (χ2n) is 6.61. The number of aryl methyl sites for hydroxylation is 3. The summed E-state index contributed by atoms with van der Waals surface area (Å²) < 4.78 is 6.86. The molecule has 2 aliphatic rings. The summed E-state index contributed by atoms with van der Waals surface area (Å²) in [4.78, 5) is 3.94. The Morgan fingerprint density at radius 3 is 2.91 bits per heavy atom. The first kappa shape index (κ1) is 14.3. The topological polar surface area (TPSA) is 46.8 Å². The number of aromatic nitrogens is 4. The summed E-state index contributed by atoms with van der Waals surface area (Å²) in [5, 5.41) is 8.89. The van der Waals surface area contributed by atoms with Crippen molar-refractivity contribution in [2.75, 3.05) is 13.1 Å². The number of piperidine rings is 1. The van der Waals surface area contributed by atoms with Crippen molar-refractivity contribution in [3.8, 4) is 0 Å². The van der Waals surface area contributed by atoms with Crippen LogP contribution in [-0.4, -0.2) is 37.1 Å². The van der Waals surface area contributed by atoms with E-state index in [1.807, 2.05) is 0 Å². The maximum Gasteiger partial charge on any atom is 0.137 e. The normalized spacial score (nSPS) is 22.2. The molecular weight excluding hydrogens is 294 g/mol. The second kappa shape index (κ2) is 5.74. The molecule has 6 heteroatoms. The van der Waals surface area contributed by atoms with Gasteiger partial charge in [-0.3, -0.25) is 4.90 Å². The molecule has 118 valence electrons. The van der Waals surface area contributed by atoms with Gasteiger partial charge in [-0.1, -0.05) is 0 Å². The van der Waals surface area contributed by atoms with Crippen LogP contribution >= 0.6 is 11.5 Å². The lowest BCUT2D eigenvalue weighted by Crippen LogP contribution is -2.35. The maximum absolute atomic E-state index is 4.50. The van der Waals surface area contributed by atoms with E-state index in [4.69, 9.17) is 0 Å². The van der Waals surface area contributed by atoms with Crippen molar-refractivity contribution < 1.29 is 0 Å². The number of fused-ring (bicyclic) bond motifs is 1. The minimum Gasteiger partial charge on any atom is -0.315 e. The zero-order valence-electron chi connectivity index (χ0n) is 13.4. The molecule has 0 aliphatic carbocycles. The van der Waals surface area contributed by atoms with Crippen LogP contribution in [0.3, 0.4) is 0 Å². The van der Waals surface area contributed by atoms with Crippen LogP contribution < -0.4 is 0 Å². The Kier molecular flexibility index (Phi) is 3.74. The Morgan fingerprint density at radius 1 is 1.18 bits per heavy atom. The molecule has 1 atom stereocenters. The number of nitrogens with zero attached hydrogens (tertiary/aromatic N) is 5. The molecule has 0 saturated carbocycles. The first-order valence-electron chi connectivity index (χ1n) is 8.28. The van der Waals surface area contributed by atoms with Gasteiger partial charge < -0.3 is 4.57 Å². The molecule has 5 nitrogen and oxygen atoms in total. The van der Waals surface area contributed by atoms with E-state index in [1.165, 1.54) is 53.6 Å². The lowest BCUT2D eigenvalue weighted by Gasteiger charge is -2.32. The average Bonchev–Trinajstić information content (AvgIpc) is 3.19. The molecule has 0 aromatic carbocycles. The van der Waals surface area contributed by atoms with E-state index >= 15 is 0 Å². The molecule has 1 fully saturated rings.